The summed E-state index contributed by atoms with van der Waals surface area (Å²) in [4.78, 5) is 0. The Kier molecular flexibility index (Phi) is 3.74. The topological polar surface area (TPSA) is 34.4 Å². The molecule has 0 bridgehead atoms. The second kappa shape index (κ2) is 5.10. The maximum atomic E-state index is 5.85. The summed E-state index contributed by atoms with van der Waals surface area (Å²) in [5.41, 5.74) is 0.866. The minimum Gasteiger partial charge on any atom is -0.497 e. The zero-order chi connectivity index (χ0) is 12.4. The Balaban J connectivity index is 2.46. The third kappa shape index (κ3) is 2.48. The van der Waals surface area contributed by atoms with Gasteiger partial charge in [0.2, 0.25) is 0 Å². The Bertz CT molecular complexity index is 521. The molecule has 0 spiro atoms. The molecule has 0 radical (unpaired) electrons. The number of nitrogens with one attached hydrogen (secondary N) is 1. The normalized spacial score (nSPS) is 12.9. The van der Waals surface area contributed by atoms with Gasteiger partial charge in [-0.05, 0) is 47.6 Å². The van der Waals surface area contributed by atoms with Crippen molar-refractivity contribution >= 4 is 26.9 Å². The number of furan rings is 1. The van der Waals surface area contributed by atoms with Gasteiger partial charge in [-0.15, -0.1) is 0 Å². The van der Waals surface area contributed by atoms with Crippen LogP contribution in [0.4, 0.5) is 0 Å². The van der Waals surface area contributed by atoms with Gasteiger partial charge in [-0.25, -0.2) is 0 Å². The Labute approximate surface area is 109 Å². The van der Waals surface area contributed by atoms with Gasteiger partial charge < -0.3 is 14.5 Å². The SMILES string of the molecule is CCNC(C)c1cc2cc(OC)cc(Br)c2o1. The smallest absolute Gasteiger partial charge is 0.148 e. The predicted octanol–water partition coefficient (Wildman–Crippen LogP) is 3.87. The van der Waals surface area contributed by atoms with E-state index in [0.29, 0.717) is 0 Å². The molecule has 1 heterocycles. The first-order chi connectivity index (χ1) is 8.15. The van der Waals surface area contributed by atoms with Crippen molar-refractivity contribution < 1.29 is 9.15 Å². The second-order valence-electron chi connectivity index (χ2n) is 3.96. The van der Waals surface area contributed by atoms with E-state index in [9.17, 15) is 0 Å². The zero-order valence-corrected chi connectivity index (χ0v) is 11.8. The monoisotopic (exact) mass is 297 g/mol. The molecule has 1 N–H and O–H groups in total. The molecule has 0 aliphatic rings. The van der Waals surface area contributed by atoms with Gasteiger partial charge in [-0.1, -0.05) is 6.92 Å². The molecule has 4 heteroatoms. The van der Waals surface area contributed by atoms with Crippen molar-refractivity contribution in [1.82, 2.24) is 5.32 Å². The zero-order valence-electron chi connectivity index (χ0n) is 10.2. The Morgan fingerprint density at radius 1 is 1.41 bits per heavy atom. The average Bonchev–Trinajstić information content (AvgIpc) is 2.73. The van der Waals surface area contributed by atoms with E-state index >= 15 is 0 Å². The van der Waals surface area contributed by atoms with Gasteiger partial charge in [0.05, 0.1) is 17.6 Å². The number of benzene rings is 1. The van der Waals surface area contributed by atoms with Crippen LogP contribution < -0.4 is 10.1 Å². The molecule has 0 fully saturated rings. The first kappa shape index (κ1) is 12.5. The lowest BCUT2D eigenvalue weighted by molar-refractivity contribution is 0.414. The summed E-state index contributed by atoms with van der Waals surface area (Å²) in [7, 11) is 1.66. The molecular formula is C13H16BrNO2. The van der Waals surface area contributed by atoms with Crippen LogP contribution in [0.15, 0.2) is 27.1 Å². The van der Waals surface area contributed by atoms with Crippen molar-refractivity contribution in [2.45, 2.75) is 19.9 Å². The molecule has 0 aliphatic carbocycles. The van der Waals surface area contributed by atoms with E-state index in [1.807, 2.05) is 12.1 Å². The summed E-state index contributed by atoms with van der Waals surface area (Å²) in [6, 6.07) is 6.15. The average molecular weight is 298 g/mol. The van der Waals surface area contributed by atoms with E-state index in [0.717, 1.165) is 33.5 Å². The van der Waals surface area contributed by atoms with E-state index in [1.54, 1.807) is 7.11 Å². The van der Waals surface area contributed by atoms with Crippen LogP contribution in [0.5, 0.6) is 5.75 Å². The number of hydrogen-bond donors (Lipinski definition) is 1. The van der Waals surface area contributed by atoms with Crippen LogP contribution in [0.3, 0.4) is 0 Å². The molecule has 1 unspecified atom stereocenters. The quantitative estimate of drug-likeness (QED) is 0.930. The van der Waals surface area contributed by atoms with Gasteiger partial charge >= 0.3 is 0 Å². The van der Waals surface area contributed by atoms with Crippen molar-refractivity contribution in [1.29, 1.82) is 0 Å². The van der Waals surface area contributed by atoms with Crippen molar-refractivity contribution in [3.05, 3.63) is 28.4 Å². The Morgan fingerprint density at radius 2 is 2.18 bits per heavy atom. The maximum Gasteiger partial charge on any atom is 0.148 e. The van der Waals surface area contributed by atoms with Crippen LogP contribution in [0.25, 0.3) is 11.0 Å². The highest BCUT2D eigenvalue weighted by Gasteiger charge is 2.13. The van der Waals surface area contributed by atoms with Crippen molar-refractivity contribution in [3.8, 4) is 5.75 Å². The molecule has 1 aromatic carbocycles. The summed E-state index contributed by atoms with van der Waals surface area (Å²) in [5, 5.41) is 4.38. The molecule has 1 atom stereocenters. The fraction of sp³-hybridized carbons (Fsp3) is 0.385. The van der Waals surface area contributed by atoms with Gasteiger partial charge in [0.15, 0.2) is 0 Å². The third-order valence-electron chi connectivity index (χ3n) is 2.74. The van der Waals surface area contributed by atoms with E-state index in [-0.39, 0.29) is 6.04 Å². The fourth-order valence-corrected chi connectivity index (χ4v) is 2.38. The van der Waals surface area contributed by atoms with Gasteiger partial charge in [-0.2, -0.15) is 0 Å². The lowest BCUT2D eigenvalue weighted by atomic mass is 10.2. The summed E-state index contributed by atoms with van der Waals surface area (Å²) in [6.07, 6.45) is 0. The third-order valence-corrected chi connectivity index (χ3v) is 3.33. The van der Waals surface area contributed by atoms with E-state index in [4.69, 9.17) is 9.15 Å². The van der Waals surface area contributed by atoms with E-state index < -0.39 is 0 Å². The standard InChI is InChI=1S/C13H16BrNO2/c1-4-15-8(2)12-6-9-5-10(16-3)7-11(14)13(9)17-12/h5-8,15H,4H2,1-3H3. The Morgan fingerprint density at radius 3 is 2.82 bits per heavy atom. The van der Waals surface area contributed by atoms with Gasteiger partial charge in [0, 0.05) is 5.39 Å². The largest absolute Gasteiger partial charge is 0.497 e. The minimum absolute atomic E-state index is 0.213. The first-order valence-corrected chi connectivity index (χ1v) is 6.45. The summed E-state index contributed by atoms with van der Waals surface area (Å²) < 4.78 is 12.0. The number of hydrogen-bond acceptors (Lipinski definition) is 3. The molecule has 0 saturated carbocycles. The molecule has 2 aromatic rings. The van der Waals surface area contributed by atoms with E-state index in [1.165, 1.54) is 0 Å². The number of methoxy groups -OCH3 is 1. The highest BCUT2D eigenvalue weighted by atomic mass is 79.9. The van der Waals surface area contributed by atoms with Crippen molar-refractivity contribution in [2.75, 3.05) is 13.7 Å². The number of rotatable bonds is 4. The molecule has 0 saturated heterocycles. The fourth-order valence-electron chi connectivity index (χ4n) is 1.84. The van der Waals surface area contributed by atoms with Crippen LogP contribution in [-0.4, -0.2) is 13.7 Å². The molecular weight excluding hydrogens is 282 g/mol. The maximum absolute atomic E-state index is 5.85. The lowest BCUT2D eigenvalue weighted by Crippen LogP contribution is -2.16. The van der Waals surface area contributed by atoms with Crippen LogP contribution in [0, 0.1) is 0 Å². The van der Waals surface area contributed by atoms with Gasteiger partial charge in [-0.3, -0.25) is 0 Å². The highest BCUT2D eigenvalue weighted by Crippen LogP contribution is 2.33. The second-order valence-corrected chi connectivity index (χ2v) is 4.81. The lowest BCUT2D eigenvalue weighted by Gasteiger charge is -2.07. The van der Waals surface area contributed by atoms with E-state index in [2.05, 4.69) is 41.2 Å². The number of fused-ring (bicyclic) bond motifs is 1. The molecule has 92 valence electrons. The summed E-state index contributed by atoms with van der Waals surface area (Å²) in [5.74, 6) is 1.77. The number of ether oxygens (including phenoxy) is 1. The van der Waals surface area contributed by atoms with Crippen LogP contribution in [0.1, 0.15) is 25.6 Å². The van der Waals surface area contributed by atoms with Crippen LogP contribution >= 0.6 is 15.9 Å². The number of halogens is 1. The summed E-state index contributed by atoms with van der Waals surface area (Å²) >= 11 is 3.50. The molecule has 2 rings (SSSR count). The molecule has 3 nitrogen and oxygen atoms in total. The van der Waals surface area contributed by atoms with Crippen LogP contribution in [-0.2, 0) is 0 Å². The van der Waals surface area contributed by atoms with Crippen LogP contribution in [0.2, 0.25) is 0 Å². The van der Waals surface area contributed by atoms with Gasteiger partial charge in [0.25, 0.3) is 0 Å². The Hall–Kier alpha value is -1.00. The van der Waals surface area contributed by atoms with Crippen molar-refractivity contribution in [3.63, 3.8) is 0 Å². The molecule has 0 amide bonds. The highest BCUT2D eigenvalue weighted by molar-refractivity contribution is 9.10. The van der Waals surface area contributed by atoms with Crippen molar-refractivity contribution in [2.24, 2.45) is 0 Å². The molecule has 17 heavy (non-hydrogen) atoms. The minimum atomic E-state index is 0.213. The van der Waals surface area contributed by atoms with Gasteiger partial charge in [0.1, 0.15) is 17.1 Å². The molecule has 0 aliphatic heterocycles. The predicted molar refractivity (Wildman–Crippen MR) is 72.6 cm³/mol. The molecule has 1 aromatic heterocycles. The summed E-state index contributed by atoms with van der Waals surface area (Å²) in [6.45, 7) is 5.09. The first-order valence-electron chi connectivity index (χ1n) is 5.66.